The third-order valence-electron chi connectivity index (χ3n) is 9.16. The number of rotatable bonds is 40. The molecule has 276 valence electrons. The third kappa shape index (κ3) is 37.8. The van der Waals surface area contributed by atoms with E-state index in [4.69, 9.17) is 14.2 Å². The second kappa shape index (κ2) is 40.5. The van der Waals surface area contributed by atoms with Crippen molar-refractivity contribution >= 4 is 5.97 Å². The van der Waals surface area contributed by atoms with E-state index in [1.54, 1.807) is 0 Å². The first-order chi connectivity index (χ1) is 22.7. The summed E-state index contributed by atoms with van der Waals surface area (Å²) in [6.45, 7) is 11.6. The van der Waals surface area contributed by atoms with Gasteiger partial charge in [0.2, 0.25) is 0 Å². The predicted molar refractivity (Wildman–Crippen MR) is 200 cm³/mol. The summed E-state index contributed by atoms with van der Waals surface area (Å²) in [5.74, 6) is -0.0246. The van der Waals surface area contributed by atoms with E-state index >= 15 is 0 Å². The lowest BCUT2D eigenvalue weighted by Crippen LogP contribution is -2.34. The maximum atomic E-state index is 12.0. The smallest absolute Gasteiger partial charge is 0.305 e. The van der Waals surface area contributed by atoms with Crippen LogP contribution in [-0.4, -0.2) is 51.6 Å². The average molecular weight is 654 g/mol. The quantitative estimate of drug-likeness (QED) is 0.0527. The molecule has 0 heterocycles. The van der Waals surface area contributed by atoms with Crippen molar-refractivity contribution in [3.8, 4) is 0 Å². The van der Waals surface area contributed by atoms with Gasteiger partial charge in [-0.05, 0) is 38.6 Å². The van der Waals surface area contributed by atoms with Gasteiger partial charge in [0, 0.05) is 26.2 Å². The molecule has 0 aromatic heterocycles. The summed E-state index contributed by atoms with van der Waals surface area (Å²) in [5, 5.41) is 3.58. The number of nitrogens with one attached hydrogen (secondary N) is 1. The lowest BCUT2D eigenvalue weighted by atomic mass is 10.0. The van der Waals surface area contributed by atoms with E-state index in [1.807, 2.05) is 0 Å². The number of carbonyl (C=O) groups is 1. The van der Waals surface area contributed by atoms with Crippen LogP contribution in [0.4, 0.5) is 0 Å². The van der Waals surface area contributed by atoms with Crippen LogP contribution in [0.3, 0.4) is 0 Å². The van der Waals surface area contributed by atoms with E-state index in [9.17, 15) is 4.79 Å². The Morgan fingerprint density at radius 1 is 0.478 bits per heavy atom. The first-order valence-electron chi connectivity index (χ1n) is 20.8. The highest BCUT2D eigenvalue weighted by Crippen LogP contribution is 2.13. The molecule has 0 rings (SSSR count). The van der Waals surface area contributed by atoms with Crippen LogP contribution in [0.15, 0.2) is 0 Å². The van der Waals surface area contributed by atoms with Gasteiger partial charge in [0.05, 0.1) is 19.3 Å². The van der Waals surface area contributed by atoms with Crippen molar-refractivity contribution in [2.24, 2.45) is 0 Å². The first-order valence-corrected chi connectivity index (χ1v) is 20.8. The minimum Gasteiger partial charge on any atom is -0.466 e. The Balaban J connectivity index is 3.75. The summed E-state index contributed by atoms with van der Waals surface area (Å²) in [6.07, 6.45) is 38.2. The second-order valence-corrected chi connectivity index (χ2v) is 13.9. The van der Waals surface area contributed by atoms with Gasteiger partial charge < -0.3 is 19.5 Å². The highest BCUT2D eigenvalue weighted by atomic mass is 16.5. The van der Waals surface area contributed by atoms with Gasteiger partial charge in [0.1, 0.15) is 0 Å². The zero-order chi connectivity index (χ0) is 33.4. The number of carbonyl (C=O) groups excluding carboxylic acids is 1. The molecule has 0 aliphatic heterocycles. The van der Waals surface area contributed by atoms with Crippen molar-refractivity contribution in [3.63, 3.8) is 0 Å². The van der Waals surface area contributed by atoms with E-state index in [-0.39, 0.29) is 12.1 Å². The molecule has 0 aromatic carbocycles. The van der Waals surface area contributed by atoms with E-state index in [0.29, 0.717) is 19.6 Å². The largest absolute Gasteiger partial charge is 0.466 e. The number of esters is 1. The molecule has 0 spiro atoms. The minimum atomic E-state index is -0.0246. The summed E-state index contributed by atoms with van der Waals surface area (Å²) in [4.78, 5) is 12.0. The zero-order valence-electron chi connectivity index (χ0n) is 31.7. The molecule has 0 radical (unpaired) electrons. The van der Waals surface area contributed by atoms with E-state index in [2.05, 4.69) is 26.1 Å². The lowest BCUT2D eigenvalue weighted by Gasteiger charge is -2.19. The predicted octanol–water partition coefficient (Wildman–Crippen LogP) is 12.3. The van der Waals surface area contributed by atoms with Gasteiger partial charge in [-0.1, -0.05) is 175 Å². The normalized spacial score (nSPS) is 12.2. The fraction of sp³-hybridized carbons (Fsp3) is 0.976. The van der Waals surface area contributed by atoms with Crippen molar-refractivity contribution in [2.75, 3.05) is 39.5 Å². The maximum absolute atomic E-state index is 12.0. The van der Waals surface area contributed by atoms with E-state index in [0.717, 1.165) is 64.8 Å². The SMILES string of the molecule is CCCCCCCCCCCCCCCCOCC(CNCCCCCC(=O)OCCCCCCCCCC)OCCCCCC. The Morgan fingerprint density at radius 3 is 1.41 bits per heavy atom. The number of hydrogen-bond donors (Lipinski definition) is 1. The molecule has 0 bridgehead atoms. The van der Waals surface area contributed by atoms with Crippen LogP contribution < -0.4 is 5.32 Å². The van der Waals surface area contributed by atoms with Crippen LogP contribution in [0.25, 0.3) is 0 Å². The molecule has 0 aromatic rings. The average Bonchev–Trinajstić information content (AvgIpc) is 3.06. The summed E-state index contributed by atoms with van der Waals surface area (Å²) in [7, 11) is 0. The molecule has 5 nitrogen and oxygen atoms in total. The highest BCUT2D eigenvalue weighted by molar-refractivity contribution is 5.69. The van der Waals surface area contributed by atoms with E-state index in [1.165, 1.54) is 148 Å². The van der Waals surface area contributed by atoms with E-state index < -0.39 is 0 Å². The Bertz CT molecular complexity index is 573. The molecule has 0 amide bonds. The van der Waals surface area contributed by atoms with Gasteiger partial charge in [0.25, 0.3) is 0 Å². The Morgan fingerprint density at radius 2 is 0.891 bits per heavy atom. The molecule has 1 atom stereocenters. The van der Waals surface area contributed by atoms with Crippen molar-refractivity contribution < 1.29 is 19.0 Å². The van der Waals surface area contributed by atoms with Gasteiger partial charge in [0.15, 0.2) is 0 Å². The van der Waals surface area contributed by atoms with Gasteiger partial charge in [-0.15, -0.1) is 0 Å². The van der Waals surface area contributed by atoms with Crippen LogP contribution in [0.5, 0.6) is 0 Å². The van der Waals surface area contributed by atoms with Gasteiger partial charge >= 0.3 is 5.97 Å². The summed E-state index contributed by atoms with van der Waals surface area (Å²) >= 11 is 0. The van der Waals surface area contributed by atoms with Crippen molar-refractivity contribution in [1.29, 1.82) is 0 Å². The van der Waals surface area contributed by atoms with Crippen LogP contribution >= 0.6 is 0 Å². The number of hydrogen-bond acceptors (Lipinski definition) is 5. The molecule has 46 heavy (non-hydrogen) atoms. The van der Waals surface area contributed by atoms with Crippen LogP contribution in [0.2, 0.25) is 0 Å². The Labute approximate surface area is 288 Å². The van der Waals surface area contributed by atoms with Crippen LogP contribution in [0, 0.1) is 0 Å². The number of ether oxygens (including phenoxy) is 3. The Kier molecular flexibility index (Phi) is 40.0. The highest BCUT2D eigenvalue weighted by Gasteiger charge is 2.10. The minimum absolute atomic E-state index is 0.0246. The van der Waals surface area contributed by atoms with Crippen molar-refractivity contribution in [2.45, 2.75) is 219 Å². The monoisotopic (exact) mass is 654 g/mol. The molecule has 0 fully saturated rings. The van der Waals surface area contributed by atoms with Crippen molar-refractivity contribution in [1.82, 2.24) is 5.32 Å². The molecule has 0 aliphatic rings. The summed E-state index contributed by atoms with van der Waals surface area (Å²) in [5.41, 5.74) is 0. The molecule has 5 heteroatoms. The van der Waals surface area contributed by atoms with Gasteiger partial charge in [-0.2, -0.15) is 0 Å². The fourth-order valence-corrected chi connectivity index (χ4v) is 6.01. The zero-order valence-corrected chi connectivity index (χ0v) is 31.7. The molecular formula is C41H83NO4. The topological polar surface area (TPSA) is 56.8 Å². The van der Waals surface area contributed by atoms with Crippen LogP contribution in [-0.2, 0) is 19.0 Å². The fourth-order valence-electron chi connectivity index (χ4n) is 6.01. The summed E-state index contributed by atoms with van der Waals surface area (Å²) < 4.78 is 17.7. The Hall–Kier alpha value is -0.650. The number of unbranched alkanes of at least 4 members (excludes halogenated alkanes) is 25. The molecular weight excluding hydrogens is 570 g/mol. The van der Waals surface area contributed by atoms with Gasteiger partial charge in [-0.25, -0.2) is 0 Å². The molecule has 0 saturated heterocycles. The van der Waals surface area contributed by atoms with Gasteiger partial charge in [-0.3, -0.25) is 4.79 Å². The standard InChI is InChI=1S/C41H83NO4/c1-4-7-10-13-15-17-18-19-20-21-22-23-25-30-35-44-39-40(45-36-31-12-9-6-3)38-42-34-29-27-28-33-41(43)46-37-32-26-24-16-14-11-8-5-2/h40,42H,4-39H2,1-3H3. The van der Waals surface area contributed by atoms with Crippen molar-refractivity contribution in [3.05, 3.63) is 0 Å². The first kappa shape index (κ1) is 45.3. The molecule has 1 N–H and O–H groups in total. The third-order valence-corrected chi connectivity index (χ3v) is 9.16. The summed E-state index contributed by atoms with van der Waals surface area (Å²) in [6, 6.07) is 0. The molecule has 0 saturated carbocycles. The maximum Gasteiger partial charge on any atom is 0.305 e. The van der Waals surface area contributed by atoms with Crippen LogP contribution in [0.1, 0.15) is 213 Å². The molecule has 1 unspecified atom stereocenters. The molecule has 0 aliphatic carbocycles. The lowest BCUT2D eigenvalue weighted by molar-refractivity contribution is -0.143. The second-order valence-electron chi connectivity index (χ2n) is 13.9.